The van der Waals surface area contributed by atoms with Crippen LogP contribution in [0.2, 0.25) is 5.02 Å². The number of hydrogen-bond acceptors (Lipinski definition) is 10. The lowest BCUT2D eigenvalue weighted by molar-refractivity contribution is -0.140. The Morgan fingerprint density at radius 2 is 1.83 bits per heavy atom. The van der Waals surface area contributed by atoms with Gasteiger partial charge in [-0.2, -0.15) is 15.2 Å². The van der Waals surface area contributed by atoms with Gasteiger partial charge in [0.05, 0.1) is 48.0 Å². The minimum atomic E-state index is -1.68. The number of esters is 1. The molecule has 54 heavy (non-hydrogen) atoms. The molecule has 0 spiro atoms. The zero-order valence-corrected chi connectivity index (χ0v) is 29.4. The highest BCUT2D eigenvalue weighted by Crippen LogP contribution is 2.41. The summed E-state index contributed by atoms with van der Waals surface area (Å²) in [6.45, 7) is -0.114. The zero-order valence-electron chi connectivity index (χ0n) is 28.7. The molecule has 0 radical (unpaired) electrons. The molecule has 0 aliphatic rings. The quantitative estimate of drug-likeness (QED) is 0.136. The lowest BCUT2D eigenvalue weighted by atomic mass is 10.0. The molecule has 0 bridgehead atoms. The number of ether oxygens (including phenoxy) is 1. The van der Waals surface area contributed by atoms with Crippen molar-refractivity contribution < 1.29 is 22.7 Å². The van der Waals surface area contributed by atoms with Crippen molar-refractivity contribution in [3.8, 4) is 16.8 Å². The smallest absolute Gasteiger partial charge is 0.359 e. The number of carbonyl (C=O) groups excluding carboxylic acids is 1. The van der Waals surface area contributed by atoms with Crippen LogP contribution in [0.1, 0.15) is 24.0 Å². The Morgan fingerprint density at radius 3 is 2.57 bits per heavy atom. The number of carbonyl (C=O) groups is 1. The van der Waals surface area contributed by atoms with Gasteiger partial charge in [-0.1, -0.05) is 29.8 Å². The Morgan fingerprint density at radius 1 is 1.06 bits per heavy atom. The third-order valence-electron chi connectivity index (χ3n) is 8.80. The van der Waals surface area contributed by atoms with Crippen LogP contribution in [0.15, 0.2) is 77.0 Å². The van der Waals surface area contributed by atoms with Crippen LogP contribution in [0.5, 0.6) is 0 Å². The van der Waals surface area contributed by atoms with E-state index < -0.39 is 35.4 Å². The molecule has 3 N–H and O–H groups in total. The van der Waals surface area contributed by atoms with Crippen molar-refractivity contribution in [3.63, 3.8) is 0 Å². The minimum Gasteiger partial charge on any atom is -0.469 e. The van der Waals surface area contributed by atoms with Crippen molar-refractivity contribution in [1.82, 2.24) is 38.7 Å². The number of nitrogens with zero attached hydrogens (tertiary/aromatic N) is 8. The van der Waals surface area contributed by atoms with E-state index in [0.29, 0.717) is 51.3 Å². The van der Waals surface area contributed by atoms with Crippen LogP contribution in [0.3, 0.4) is 0 Å². The predicted octanol–water partition coefficient (Wildman–Crippen LogP) is 4.97. The van der Waals surface area contributed by atoms with Crippen LogP contribution in [0.25, 0.3) is 38.5 Å². The van der Waals surface area contributed by atoms with E-state index in [-0.39, 0.29) is 46.8 Å². The molecule has 7 aromatic rings. The topological polar surface area (TPSA) is 170 Å². The summed E-state index contributed by atoms with van der Waals surface area (Å²) in [5, 5.41) is 13.8. The van der Waals surface area contributed by atoms with Gasteiger partial charge < -0.3 is 15.8 Å². The largest absolute Gasteiger partial charge is 0.469 e. The number of rotatable bonds is 11. The molecule has 276 valence electrons. The highest BCUT2D eigenvalue weighted by Gasteiger charge is 2.24. The second-order valence-corrected chi connectivity index (χ2v) is 12.7. The van der Waals surface area contributed by atoms with Crippen molar-refractivity contribution in [3.05, 3.63) is 122 Å². The molecule has 0 unspecified atom stereocenters. The van der Waals surface area contributed by atoms with Gasteiger partial charge >= 0.3 is 17.3 Å². The van der Waals surface area contributed by atoms with Gasteiger partial charge in [0, 0.05) is 72.4 Å². The van der Waals surface area contributed by atoms with Crippen LogP contribution in [0, 0.1) is 17.5 Å². The fraction of sp³-hybridized carbons (Fsp3) is 0.194. The summed E-state index contributed by atoms with van der Waals surface area (Å²) in [7, 11) is 3.03. The first-order valence-electron chi connectivity index (χ1n) is 16.4. The predicted molar refractivity (Wildman–Crippen MR) is 194 cm³/mol. The lowest BCUT2D eigenvalue weighted by Crippen LogP contribution is -2.42. The van der Waals surface area contributed by atoms with Crippen molar-refractivity contribution in [2.24, 2.45) is 12.8 Å². The van der Waals surface area contributed by atoms with E-state index in [9.17, 15) is 27.6 Å². The number of benzene rings is 3. The van der Waals surface area contributed by atoms with Crippen LogP contribution >= 0.6 is 11.6 Å². The Kier molecular flexibility index (Phi) is 9.74. The molecule has 0 aliphatic carbocycles. The fourth-order valence-electron chi connectivity index (χ4n) is 6.34. The fourth-order valence-corrected chi connectivity index (χ4v) is 6.58. The molecule has 0 aliphatic heterocycles. The number of methoxy groups -OCH3 is 1. The number of aromatic nitrogens is 8. The average Bonchev–Trinajstić information content (AvgIpc) is 3.77. The maximum Gasteiger partial charge on any atom is 0.359 e. The number of aryl methyl sites for hydroxylation is 2. The normalized spacial score (nSPS) is 11.5. The Bertz CT molecular complexity index is 2700. The number of nitrogens with one attached hydrogen (secondary N) is 1. The maximum atomic E-state index is 14.5. The molecule has 4 aromatic heterocycles. The number of halogens is 4. The number of pyridine rings is 1. The van der Waals surface area contributed by atoms with Gasteiger partial charge in [0.25, 0.3) is 0 Å². The van der Waals surface area contributed by atoms with Gasteiger partial charge in [0.1, 0.15) is 0 Å². The molecule has 0 atom stereocenters. The monoisotopic (exact) mass is 758 g/mol. The van der Waals surface area contributed by atoms with Gasteiger partial charge in [0.2, 0.25) is 5.95 Å². The van der Waals surface area contributed by atoms with E-state index in [1.54, 1.807) is 65.5 Å². The van der Waals surface area contributed by atoms with Crippen molar-refractivity contribution >= 4 is 50.9 Å². The lowest BCUT2D eigenvalue weighted by Gasteiger charge is -2.19. The van der Waals surface area contributed by atoms with Crippen LogP contribution < -0.4 is 22.4 Å². The number of fused-ring (bicyclic) bond motifs is 2. The number of hydrogen-bond donors (Lipinski definition) is 2. The summed E-state index contributed by atoms with van der Waals surface area (Å²) in [5.74, 6) is -5.35. The van der Waals surface area contributed by atoms with Crippen LogP contribution in [-0.4, -0.2) is 51.7 Å². The molecule has 7 rings (SSSR count). The minimum absolute atomic E-state index is 0.0679. The van der Waals surface area contributed by atoms with Crippen LogP contribution in [0.4, 0.5) is 24.8 Å². The van der Waals surface area contributed by atoms with Crippen molar-refractivity contribution in [2.45, 2.75) is 32.5 Å². The molecule has 3 aromatic carbocycles. The second kappa shape index (κ2) is 14.6. The molecule has 4 heterocycles. The Hall–Kier alpha value is -6.33. The first-order valence-corrected chi connectivity index (χ1v) is 16.8. The summed E-state index contributed by atoms with van der Waals surface area (Å²) < 4.78 is 52.6. The van der Waals surface area contributed by atoms with E-state index in [0.717, 1.165) is 21.3 Å². The van der Waals surface area contributed by atoms with Gasteiger partial charge in [0.15, 0.2) is 17.5 Å². The number of anilines is 2. The first-order chi connectivity index (χ1) is 26.0. The summed E-state index contributed by atoms with van der Waals surface area (Å²) >= 11 is 6.89. The van der Waals surface area contributed by atoms with Gasteiger partial charge in [-0.25, -0.2) is 27.3 Å². The summed E-state index contributed by atoms with van der Waals surface area (Å²) in [5.41, 5.74) is 6.30. The molecular weight excluding hydrogens is 729 g/mol. The molecular formula is C36H30ClF3N10O4. The summed E-state index contributed by atoms with van der Waals surface area (Å²) in [4.78, 5) is 48.6. The molecule has 18 heteroatoms. The third kappa shape index (κ3) is 6.69. The standard InChI is InChI=1S/C36H30ClF3N10O4/c1-47-18-23-27(46-47)11-24(37)33(31(23)22-14-43-48(17-22)8-4-7-29(51)54-2)44-34-45-35(52)50(28-15-42-13-21-6-3-5-20(12-41)30(21)28)36(53)49(34)16-19-9-25(38)32(40)26(39)10-19/h3,5-6,9-11,13-15,17-18H,4,7-8,12,16,41H2,1-2H3,(H,44,45,52). The summed E-state index contributed by atoms with van der Waals surface area (Å²) in [6.07, 6.45) is 8.54. The van der Waals surface area contributed by atoms with E-state index in [1.165, 1.54) is 13.3 Å². The first kappa shape index (κ1) is 36.0. The number of nitrogens with two attached hydrogens (primary N) is 1. The van der Waals surface area contributed by atoms with E-state index in [1.807, 2.05) is 0 Å². The molecule has 0 saturated carbocycles. The zero-order chi connectivity index (χ0) is 38.3. The van der Waals surface area contributed by atoms with Crippen LogP contribution in [-0.2, 0) is 36.2 Å². The molecule has 0 amide bonds. The molecule has 14 nitrogen and oxygen atoms in total. The van der Waals surface area contributed by atoms with Gasteiger partial charge in [-0.15, -0.1) is 0 Å². The van der Waals surface area contributed by atoms with Gasteiger partial charge in [-0.3, -0.25) is 23.7 Å². The second-order valence-electron chi connectivity index (χ2n) is 12.3. The highest BCUT2D eigenvalue weighted by molar-refractivity contribution is 6.35. The summed E-state index contributed by atoms with van der Waals surface area (Å²) in [6, 6.07) is 8.29. The third-order valence-corrected chi connectivity index (χ3v) is 9.10. The average molecular weight is 759 g/mol. The molecule has 0 fully saturated rings. The van der Waals surface area contributed by atoms with Crippen molar-refractivity contribution in [1.29, 1.82) is 0 Å². The van der Waals surface area contributed by atoms with E-state index in [4.69, 9.17) is 22.1 Å². The maximum absolute atomic E-state index is 14.5. The Balaban J connectivity index is 1.42. The SMILES string of the molecule is COC(=O)CCCn1cc(-c2c(Nc3nc(=O)n(-c4cncc5cccc(CN)c45)c(=O)n3Cc3cc(F)c(F)c(F)c3)c(Cl)cc3nn(C)cc23)cn1. The van der Waals surface area contributed by atoms with E-state index in [2.05, 4.69) is 25.5 Å². The Labute approximate surface area is 308 Å². The molecule has 0 saturated heterocycles. The van der Waals surface area contributed by atoms with Crippen molar-refractivity contribution in [2.75, 3.05) is 12.4 Å². The van der Waals surface area contributed by atoms with Gasteiger partial charge in [-0.05, 0) is 35.7 Å². The highest BCUT2D eigenvalue weighted by atomic mass is 35.5. The van der Waals surface area contributed by atoms with E-state index >= 15 is 0 Å².